The van der Waals surface area contributed by atoms with Gasteiger partial charge in [0.25, 0.3) is 5.91 Å². The molecule has 1 heterocycles. The van der Waals surface area contributed by atoms with E-state index in [1.807, 2.05) is 42.5 Å². The summed E-state index contributed by atoms with van der Waals surface area (Å²) in [6.07, 6.45) is 0. The van der Waals surface area contributed by atoms with Gasteiger partial charge in [0.05, 0.1) is 14.2 Å². The molecule has 2 aromatic carbocycles. The molecule has 0 aliphatic carbocycles. The molecule has 0 fully saturated rings. The molecule has 6 heteroatoms. The van der Waals surface area contributed by atoms with Crippen LogP contribution in [0, 0.1) is 0 Å². The molecule has 3 aromatic rings. The molecule has 1 amide bonds. The molecule has 1 aromatic heterocycles. The Balaban J connectivity index is 1.84. The first-order chi connectivity index (χ1) is 12.0. The van der Waals surface area contributed by atoms with Gasteiger partial charge in [-0.1, -0.05) is 15.9 Å². The van der Waals surface area contributed by atoms with Crippen molar-refractivity contribution in [3.05, 3.63) is 58.2 Å². The van der Waals surface area contributed by atoms with Crippen LogP contribution in [0.4, 0.5) is 0 Å². The Labute approximate surface area is 154 Å². The van der Waals surface area contributed by atoms with Gasteiger partial charge in [-0.2, -0.15) is 0 Å². The molecular formula is C19H19BrN2O3. The zero-order valence-electron chi connectivity index (χ0n) is 14.3. The van der Waals surface area contributed by atoms with Gasteiger partial charge in [-0.25, -0.2) is 0 Å². The second-order valence-corrected chi connectivity index (χ2v) is 6.67. The van der Waals surface area contributed by atoms with E-state index in [2.05, 4.69) is 20.9 Å². The van der Waals surface area contributed by atoms with Crippen LogP contribution < -0.4 is 9.47 Å². The highest BCUT2D eigenvalue weighted by atomic mass is 79.9. The molecule has 0 saturated heterocycles. The van der Waals surface area contributed by atoms with E-state index in [9.17, 15) is 4.79 Å². The first kappa shape index (κ1) is 17.4. The molecule has 0 unspecified atom stereocenters. The lowest BCUT2D eigenvalue weighted by Gasteiger charge is -2.18. The van der Waals surface area contributed by atoms with Gasteiger partial charge < -0.3 is 19.4 Å². The van der Waals surface area contributed by atoms with Crippen molar-refractivity contribution < 1.29 is 14.3 Å². The lowest BCUT2D eigenvalue weighted by molar-refractivity contribution is 0.0779. The quantitative estimate of drug-likeness (QED) is 0.694. The highest BCUT2D eigenvalue weighted by molar-refractivity contribution is 9.10. The van der Waals surface area contributed by atoms with Gasteiger partial charge in [0, 0.05) is 40.6 Å². The number of aromatic nitrogens is 1. The monoisotopic (exact) mass is 402 g/mol. The molecule has 5 nitrogen and oxygen atoms in total. The number of amides is 1. The van der Waals surface area contributed by atoms with Crippen molar-refractivity contribution in [1.82, 2.24) is 9.88 Å². The number of nitrogens with one attached hydrogen (secondary N) is 1. The third-order valence-corrected chi connectivity index (χ3v) is 4.55. The maximum Gasteiger partial charge on any atom is 0.270 e. The fraction of sp³-hybridized carbons (Fsp3) is 0.211. The topological polar surface area (TPSA) is 54.6 Å². The lowest BCUT2D eigenvalue weighted by atomic mass is 10.2. The molecule has 130 valence electrons. The minimum Gasteiger partial charge on any atom is -0.497 e. The number of benzene rings is 2. The number of hydrogen-bond acceptors (Lipinski definition) is 3. The zero-order chi connectivity index (χ0) is 18.0. The summed E-state index contributed by atoms with van der Waals surface area (Å²) in [5.41, 5.74) is 2.35. The molecule has 0 atom stereocenters. The van der Waals surface area contributed by atoms with Crippen LogP contribution in [0.3, 0.4) is 0 Å². The van der Waals surface area contributed by atoms with E-state index < -0.39 is 0 Å². The number of H-pyrrole nitrogens is 1. The third-order valence-electron chi connectivity index (χ3n) is 4.06. The average molecular weight is 403 g/mol. The van der Waals surface area contributed by atoms with Crippen molar-refractivity contribution in [3.8, 4) is 11.5 Å². The van der Waals surface area contributed by atoms with E-state index >= 15 is 0 Å². The van der Waals surface area contributed by atoms with Crippen molar-refractivity contribution in [2.24, 2.45) is 0 Å². The van der Waals surface area contributed by atoms with Gasteiger partial charge in [0.15, 0.2) is 0 Å². The number of carbonyl (C=O) groups is 1. The summed E-state index contributed by atoms with van der Waals surface area (Å²) in [6, 6.07) is 13.3. The molecule has 0 radical (unpaired) electrons. The Morgan fingerprint density at radius 2 is 1.92 bits per heavy atom. The van der Waals surface area contributed by atoms with E-state index in [1.165, 1.54) is 0 Å². The normalized spacial score (nSPS) is 10.7. The molecular weight excluding hydrogens is 384 g/mol. The van der Waals surface area contributed by atoms with Crippen molar-refractivity contribution in [1.29, 1.82) is 0 Å². The summed E-state index contributed by atoms with van der Waals surface area (Å²) < 4.78 is 11.5. The average Bonchev–Trinajstić information content (AvgIpc) is 3.04. The van der Waals surface area contributed by atoms with E-state index in [0.717, 1.165) is 32.4 Å². The van der Waals surface area contributed by atoms with Crippen LogP contribution in [0.5, 0.6) is 11.5 Å². The molecule has 0 saturated carbocycles. The van der Waals surface area contributed by atoms with Crippen LogP contribution in [0.25, 0.3) is 10.9 Å². The summed E-state index contributed by atoms with van der Waals surface area (Å²) in [6.45, 7) is 0.445. The van der Waals surface area contributed by atoms with E-state index in [4.69, 9.17) is 9.47 Å². The molecule has 0 spiro atoms. The minimum absolute atomic E-state index is 0.0859. The first-order valence-electron chi connectivity index (χ1n) is 7.76. The summed E-state index contributed by atoms with van der Waals surface area (Å²) in [5.74, 6) is 1.42. The number of ether oxygens (including phenoxy) is 2. The second-order valence-electron chi connectivity index (χ2n) is 5.75. The van der Waals surface area contributed by atoms with E-state index in [-0.39, 0.29) is 5.91 Å². The largest absolute Gasteiger partial charge is 0.497 e. The Hall–Kier alpha value is -2.47. The highest BCUT2D eigenvalue weighted by Gasteiger charge is 2.17. The number of hydrogen-bond donors (Lipinski definition) is 1. The molecule has 3 rings (SSSR count). The number of fused-ring (bicyclic) bond motifs is 1. The van der Waals surface area contributed by atoms with Crippen molar-refractivity contribution in [3.63, 3.8) is 0 Å². The first-order valence-corrected chi connectivity index (χ1v) is 8.55. The van der Waals surface area contributed by atoms with E-state index in [0.29, 0.717) is 12.2 Å². The minimum atomic E-state index is -0.0859. The van der Waals surface area contributed by atoms with Gasteiger partial charge >= 0.3 is 0 Å². The van der Waals surface area contributed by atoms with Gasteiger partial charge in [-0.05, 0) is 36.4 Å². The summed E-state index contributed by atoms with van der Waals surface area (Å²) >= 11 is 3.46. The lowest BCUT2D eigenvalue weighted by Crippen LogP contribution is -2.26. The maximum atomic E-state index is 12.8. The molecule has 0 aliphatic heterocycles. The summed E-state index contributed by atoms with van der Waals surface area (Å²) in [4.78, 5) is 17.6. The molecule has 1 N–H and O–H groups in total. The number of rotatable bonds is 5. The summed E-state index contributed by atoms with van der Waals surface area (Å²) in [5, 5.41) is 0.970. The predicted octanol–water partition coefficient (Wildman–Crippen LogP) is 4.22. The van der Waals surface area contributed by atoms with Crippen molar-refractivity contribution >= 4 is 32.7 Å². The second kappa shape index (κ2) is 7.19. The molecule has 0 bridgehead atoms. The smallest absolute Gasteiger partial charge is 0.270 e. The van der Waals surface area contributed by atoms with Crippen LogP contribution >= 0.6 is 15.9 Å². The van der Waals surface area contributed by atoms with Crippen molar-refractivity contribution in [2.75, 3.05) is 21.3 Å². The van der Waals surface area contributed by atoms with Crippen LogP contribution in [0.15, 0.2) is 46.9 Å². The van der Waals surface area contributed by atoms with Gasteiger partial charge in [-0.3, -0.25) is 4.79 Å². The van der Waals surface area contributed by atoms with Crippen molar-refractivity contribution in [2.45, 2.75) is 6.54 Å². The van der Waals surface area contributed by atoms with Gasteiger partial charge in [0.2, 0.25) is 0 Å². The number of methoxy groups -OCH3 is 2. The van der Waals surface area contributed by atoms with Crippen LogP contribution in [0.2, 0.25) is 0 Å². The third kappa shape index (κ3) is 3.64. The molecule has 0 aliphatic rings. The standard InChI is InChI=1S/C19H19BrN2O3/c1-22(11-13-8-14(20)5-7-18(13)25-3)19(23)17-9-12-4-6-15(24-2)10-16(12)21-17/h4-10,21H,11H2,1-3H3. The number of nitrogens with zero attached hydrogens (tertiary/aromatic N) is 1. The number of aromatic amines is 1. The fourth-order valence-electron chi connectivity index (χ4n) is 2.75. The van der Waals surface area contributed by atoms with Crippen LogP contribution in [-0.4, -0.2) is 37.1 Å². The highest BCUT2D eigenvalue weighted by Crippen LogP contribution is 2.25. The fourth-order valence-corrected chi connectivity index (χ4v) is 3.16. The zero-order valence-corrected chi connectivity index (χ0v) is 15.9. The van der Waals surface area contributed by atoms with Gasteiger partial charge in [0.1, 0.15) is 17.2 Å². The number of halogens is 1. The van der Waals surface area contributed by atoms with E-state index in [1.54, 1.807) is 26.2 Å². The van der Waals surface area contributed by atoms with Crippen LogP contribution in [-0.2, 0) is 6.54 Å². The maximum absolute atomic E-state index is 12.8. The molecule has 25 heavy (non-hydrogen) atoms. The number of carbonyl (C=O) groups excluding carboxylic acids is 1. The SMILES string of the molecule is COc1ccc2cc(C(=O)N(C)Cc3cc(Br)ccc3OC)[nH]c2c1. The Morgan fingerprint density at radius 3 is 2.64 bits per heavy atom. The van der Waals surface area contributed by atoms with Gasteiger partial charge in [-0.15, -0.1) is 0 Å². The Bertz CT molecular complexity index is 920. The Kier molecular flexibility index (Phi) is 4.99. The predicted molar refractivity (Wildman–Crippen MR) is 101 cm³/mol. The van der Waals surface area contributed by atoms with Crippen LogP contribution in [0.1, 0.15) is 16.1 Å². The summed E-state index contributed by atoms with van der Waals surface area (Å²) in [7, 11) is 5.02. The Morgan fingerprint density at radius 1 is 1.12 bits per heavy atom.